The second-order valence-corrected chi connectivity index (χ2v) is 7.47. The minimum Gasteiger partial charge on any atom is -0.373 e. The van der Waals surface area contributed by atoms with E-state index >= 15 is 0 Å². The molecule has 2 atom stereocenters. The Morgan fingerprint density at radius 3 is 2.52 bits per heavy atom. The summed E-state index contributed by atoms with van der Waals surface area (Å²) in [4.78, 5) is 14.7. The fraction of sp³-hybridized carbons (Fsp3) is 0.333. The van der Waals surface area contributed by atoms with Crippen LogP contribution in [0.15, 0.2) is 54.6 Å². The number of morpholine rings is 1. The van der Waals surface area contributed by atoms with Gasteiger partial charge < -0.3 is 10.1 Å². The first-order valence-corrected chi connectivity index (χ1v) is 9.95. The maximum atomic E-state index is 12.3. The zero-order valence-corrected chi connectivity index (χ0v) is 17.0. The molecule has 0 spiro atoms. The van der Waals surface area contributed by atoms with Gasteiger partial charge in [0.25, 0.3) is 0 Å². The summed E-state index contributed by atoms with van der Waals surface area (Å²) in [6.45, 7) is 7.33. The highest BCUT2D eigenvalue weighted by Gasteiger charge is 2.22. The number of hydrogen-bond donors (Lipinski definition) is 1. The van der Waals surface area contributed by atoms with Gasteiger partial charge in [-0.05, 0) is 42.7 Å². The van der Waals surface area contributed by atoms with Gasteiger partial charge in [0, 0.05) is 32.3 Å². The highest BCUT2D eigenvalue weighted by atomic mass is 16.5. The van der Waals surface area contributed by atoms with Crippen LogP contribution in [0.2, 0.25) is 0 Å². The molecule has 29 heavy (non-hydrogen) atoms. The number of carbonyl (C=O) groups excluding carboxylic acids is 1. The fourth-order valence-corrected chi connectivity index (χ4v) is 3.69. The smallest absolute Gasteiger partial charge is 0.244 e. The molecule has 5 nitrogen and oxygen atoms in total. The van der Waals surface area contributed by atoms with E-state index in [0.717, 1.165) is 30.8 Å². The lowest BCUT2D eigenvalue weighted by Gasteiger charge is -2.35. The molecule has 0 saturated carbocycles. The molecule has 1 heterocycles. The summed E-state index contributed by atoms with van der Waals surface area (Å²) in [6.07, 6.45) is 3.61. The zero-order valence-electron chi connectivity index (χ0n) is 17.0. The monoisotopic (exact) mass is 389 g/mol. The zero-order chi connectivity index (χ0) is 20.6. The van der Waals surface area contributed by atoms with E-state index in [1.165, 1.54) is 11.6 Å². The lowest BCUT2D eigenvalue weighted by atomic mass is 10.1. The fourth-order valence-electron chi connectivity index (χ4n) is 3.69. The van der Waals surface area contributed by atoms with E-state index in [9.17, 15) is 4.79 Å². The van der Waals surface area contributed by atoms with E-state index in [1.54, 1.807) is 12.1 Å². The number of nitrogens with zero attached hydrogens (tertiary/aromatic N) is 2. The number of carbonyl (C=O) groups is 1. The summed E-state index contributed by atoms with van der Waals surface area (Å²) in [5, 5.41) is 12.1. The van der Waals surface area contributed by atoms with Crippen molar-refractivity contribution in [1.29, 1.82) is 5.26 Å². The number of amides is 1. The molecule has 0 radical (unpaired) electrons. The van der Waals surface area contributed by atoms with Gasteiger partial charge in [0.15, 0.2) is 0 Å². The molecule has 3 rings (SSSR count). The largest absolute Gasteiger partial charge is 0.373 e. The molecule has 150 valence electrons. The third kappa shape index (κ3) is 6.02. The molecule has 1 fully saturated rings. The minimum atomic E-state index is -0.179. The Hall–Kier alpha value is -2.94. The standard InChI is InChI=1S/C24H27N3O2/c1-18-15-27(16-19(2)29-18)17-23-10-6-5-9-22(23)14-26-24(28)12-11-20-7-3-4-8-21(20)13-25/h3-12,18-19H,14-17H2,1-2H3,(H,26,28)/b12-11+. The van der Waals surface area contributed by atoms with Crippen molar-refractivity contribution in [2.45, 2.75) is 39.1 Å². The maximum Gasteiger partial charge on any atom is 0.244 e. The van der Waals surface area contributed by atoms with Crippen molar-refractivity contribution < 1.29 is 9.53 Å². The Morgan fingerprint density at radius 2 is 1.79 bits per heavy atom. The van der Waals surface area contributed by atoms with Gasteiger partial charge >= 0.3 is 0 Å². The topological polar surface area (TPSA) is 65.4 Å². The van der Waals surface area contributed by atoms with Crippen LogP contribution in [0.5, 0.6) is 0 Å². The molecule has 1 aliphatic heterocycles. The second kappa shape index (κ2) is 10.0. The Bertz CT molecular complexity index is 906. The van der Waals surface area contributed by atoms with Crippen LogP contribution in [0.25, 0.3) is 6.08 Å². The predicted molar refractivity (Wildman–Crippen MR) is 114 cm³/mol. The molecule has 0 bridgehead atoms. The average molecular weight is 389 g/mol. The highest BCUT2D eigenvalue weighted by Crippen LogP contribution is 2.17. The van der Waals surface area contributed by atoms with Crippen LogP contribution in [0, 0.1) is 11.3 Å². The first-order chi connectivity index (χ1) is 14.0. The van der Waals surface area contributed by atoms with Crippen molar-refractivity contribution in [3.63, 3.8) is 0 Å². The van der Waals surface area contributed by atoms with Gasteiger partial charge in [0.1, 0.15) is 0 Å². The van der Waals surface area contributed by atoms with Gasteiger partial charge in [-0.15, -0.1) is 0 Å². The quantitative estimate of drug-likeness (QED) is 0.768. The number of nitriles is 1. The minimum absolute atomic E-state index is 0.179. The van der Waals surface area contributed by atoms with Gasteiger partial charge in [0.05, 0.1) is 23.8 Å². The van der Waals surface area contributed by atoms with Crippen LogP contribution in [0.1, 0.15) is 36.1 Å². The molecule has 2 aromatic rings. The summed E-state index contributed by atoms with van der Waals surface area (Å²) >= 11 is 0. The number of ether oxygens (including phenoxy) is 1. The number of hydrogen-bond acceptors (Lipinski definition) is 4. The van der Waals surface area contributed by atoms with Gasteiger partial charge in [0.2, 0.25) is 5.91 Å². The van der Waals surface area contributed by atoms with Crippen LogP contribution in [0.3, 0.4) is 0 Å². The number of benzene rings is 2. The Morgan fingerprint density at radius 1 is 1.14 bits per heavy atom. The van der Waals surface area contributed by atoms with Crippen LogP contribution in [-0.4, -0.2) is 36.1 Å². The summed E-state index contributed by atoms with van der Waals surface area (Å²) in [7, 11) is 0. The molecule has 1 amide bonds. The third-order valence-electron chi connectivity index (χ3n) is 4.96. The molecular formula is C24H27N3O2. The lowest BCUT2D eigenvalue weighted by molar-refractivity contribution is -0.116. The van der Waals surface area contributed by atoms with E-state index in [2.05, 4.69) is 42.3 Å². The van der Waals surface area contributed by atoms with Crippen molar-refractivity contribution in [2.75, 3.05) is 13.1 Å². The van der Waals surface area contributed by atoms with Crippen LogP contribution < -0.4 is 5.32 Å². The third-order valence-corrected chi connectivity index (χ3v) is 4.96. The van der Waals surface area contributed by atoms with Crippen molar-refractivity contribution in [2.24, 2.45) is 0 Å². The molecule has 1 saturated heterocycles. The molecule has 2 unspecified atom stereocenters. The average Bonchev–Trinajstić information content (AvgIpc) is 2.71. The molecule has 0 aliphatic carbocycles. The Kier molecular flexibility index (Phi) is 7.18. The molecule has 2 aromatic carbocycles. The van der Waals surface area contributed by atoms with E-state index in [-0.39, 0.29) is 18.1 Å². The van der Waals surface area contributed by atoms with E-state index in [1.807, 2.05) is 30.3 Å². The molecular weight excluding hydrogens is 362 g/mol. The highest BCUT2D eigenvalue weighted by molar-refractivity contribution is 5.92. The van der Waals surface area contributed by atoms with Crippen LogP contribution in [-0.2, 0) is 22.6 Å². The molecule has 5 heteroatoms. The first kappa shape index (κ1) is 20.8. The number of nitrogens with one attached hydrogen (secondary N) is 1. The number of rotatable bonds is 6. The maximum absolute atomic E-state index is 12.3. The second-order valence-electron chi connectivity index (χ2n) is 7.47. The summed E-state index contributed by atoms with van der Waals surface area (Å²) in [5.41, 5.74) is 3.61. The van der Waals surface area contributed by atoms with Crippen LogP contribution >= 0.6 is 0 Å². The molecule has 1 aliphatic rings. The van der Waals surface area contributed by atoms with Gasteiger partial charge in [-0.2, -0.15) is 5.26 Å². The van der Waals surface area contributed by atoms with Gasteiger partial charge in [-0.1, -0.05) is 42.5 Å². The van der Waals surface area contributed by atoms with Gasteiger partial charge in [-0.25, -0.2) is 0 Å². The van der Waals surface area contributed by atoms with Crippen LogP contribution in [0.4, 0.5) is 0 Å². The van der Waals surface area contributed by atoms with Crippen molar-refractivity contribution in [3.05, 3.63) is 76.9 Å². The predicted octanol–water partition coefficient (Wildman–Crippen LogP) is 3.50. The van der Waals surface area contributed by atoms with E-state index in [4.69, 9.17) is 10.00 Å². The van der Waals surface area contributed by atoms with Gasteiger partial charge in [-0.3, -0.25) is 9.69 Å². The van der Waals surface area contributed by atoms with Crippen molar-refractivity contribution in [3.8, 4) is 6.07 Å². The molecule has 0 aromatic heterocycles. The summed E-state index contributed by atoms with van der Waals surface area (Å²) in [6, 6.07) is 17.5. The lowest BCUT2D eigenvalue weighted by Crippen LogP contribution is -2.45. The summed E-state index contributed by atoms with van der Waals surface area (Å²) in [5.74, 6) is -0.179. The Labute approximate surface area is 172 Å². The van der Waals surface area contributed by atoms with E-state index < -0.39 is 0 Å². The van der Waals surface area contributed by atoms with E-state index in [0.29, 0.717) is 12.1 Å². The van der Waals surface area contributed by atoms with Crippen molar-refractivity contribution in [1.82, 2.24) is 10.2 Å². The summed E-state index contributed by atoms with van der Waals surface area (Å²) < 4.78 is 5.82. The van der Waals surface area contributed by atoms with Crippen molar-refractivity contribution >= 4 is 12.0 Å². The Balaban J connectivity index is 1.60. The SMILES string of the molecule is CC1CN(Cc2ccccc2CNC(=O)/C=C/c2ccccc2C#N)CC(C)O1. The first-order valence-electron chi connectivity index (χ1n) is 9.95. The normalized spacial score (nSPS) is 19.8. The molecule has 1 N–H and O–H groups in total.